The SMILES string of the molecule is Cc1cccn2c(=O)c3cc(C(=O)NCCc4ccccc4)c(N)[n+](C4CCCCC4)c3nc12. The summed E-state index contributed by atoms with van der Waals surface area (Å²) in [5, 5.41) is 3.40. The predicted octanol–water partition coefficient (Wildman–Crippen LogP) is 3.50. The van der Waals surface area contributed by atoms with Crippen molar-refractivity contribution in [3.8, 4) is 0 Å². The number of aryl methyl sites for hydroxylation is 1. The lowest BCUT2D eigenvalue weighted by atomic mass is 9.94. The summed E-state index contributed by atoms with van der Waals surface area (Å²) in [4.78, 5) is 31.6. The number of nitrogen functional groups attached to an aromatic ring is 1. The highest BCUT2D eigenvalue weighted by Gasteiger charge is 2.30. The number of benzene rings is 1. The predicted molar refractivity (Wildman–Crippen MR) is 133 cm³/mol. The van der Waals surface area contributed by atoms with E-state index >= 15 is 0 Å². The van der Waals surface area contributed by atoms with Gasteiger partial charge in [-0.2, -0.15) is 0 Å². The van der Waals surface area contributed by atoms with Crippen LogP contribution in [-0.4, -0.2) is 21.8 Å². The molecular formula is C27H30N5O2+. The highest BCUT2D eigenvalue weighted by Crippen LogP contribution is 2.27. The van der Waals surface area contributed by atoms with Gasteiger partial charge in [-0.1, -0.05) is 47.8 Å². The summed E-state index contributed by atoms with van der Waals surface area (Å²) in [5.41, 5.74) is 10.0. The molecule has 5 rings (SSSR count). The Bertz CT molecular complexity index is 1420. The second-order valence-electron chi connectivity index (χ2n) is 9.14. The van der Waals surface area contributed by atoms with Crippen LogP contribution in [0, 0.1) is 6.92 Å². The van der Waals surface area contributed by atoms with Crippen LogP contribution in [0.15, 0.2) is 59.5 Å². The smallest absolute Gasteiger partial charge is 0.278 e. The molecule has 0 spiro atoms. The molecule has 1 aromatic carbocycles. The van der Waals surface area contributed by atoms with Crippen LogP contribution in [0.4, 0.5) is 5.82 Å². The maximum absolute atomic E-state index is 13.5. The maximum Gasteiger partial charge on any atom is 0.278 e. The molecule has 7 heteroatoms. The van der Waals surface area contributed by atoms with E-state index in [9.17, 15) is 9.59 Å². The molecule has 1 fully saturated rings. The third kappa shape index (κ3) is 4.02. The largest absolute Gasteiger partial charge is 0.351 e. The molecule has 1 aliphatic carbocycles. The van der Waals surface area contributed by atoms with Crippen molar-refractivity contribution in [2.75, 3.05) is 12.3 Å². The molecule has 7 nitrogen and oxygen atoms in total. The molecule has 0 unspecified atom stereocenters. The number of fused-ring (bicyclic) bond motifs is 2. The van der Waals surface area contributed by atoms with Crippen LogP contribution in [0.5, 0.6) is 0 Å². The van der Waals surface area contributed by atoms with Crippen LogP contribution >= 0.6 is 0 Å². The first-order valence-electron chi connectivity index (χ1n) is 12.0. The molecule has 0 saturated heterocycles. The number of amides is 1. The van der Waals surface area contributed by atoms with Gasteiger partial charge in [0, 0.05) is 18.3 Å². The monoisotopic (exact) mass is 456 g/mol. The summed E-state index contributed by atoms with van der Waals surface area (Å²) in [7, 11) is 0. The third-order valence-electron chi connectivity index (χ3n) is 6.84. The Morgan fingerprint density at radius 3 is 2.68 bits per heavy atom. The van der Waals surface area contributed by atoms with Gasteiger partial charge in [0.2, 0.25) is 11.5 Å². The Hall–Kier alpha value is -3.74. The first kappa shape index (κ1) is 22.1. The third-order valence-corrected chi connectivity index (χ3v) is 6.84. The highest BCUT2D eigenvalue weighted by molar-refractivity contribution is 6.00. The molecule has 174 valence electrons. The van der Waals surface area contributed by atoms with Crippen molar-refractivity contribution in [1.82, 2.24) is 14.7 Å². The minimum atomic E-state index is -0.270. The number of carbonyl (C=O) groups is 1. The fraction of sp³-hybridized carbons (Fsp3) is 0.333. The average Bonchev–Trinajstić information content (AvgIpc) is 2.86. The van der Waals surface area contributed by atoms with Crippen molar-refractivity contribution in [3.05, 3.63) is 81.8 Å². The number of nitrogens with one attached hydrogen (secondary N) is 1. The van der Waals surface area contributed by atoms with Gasteiger partial charge in [-0.15, -0.1) is 0 Å². The van der Waals surface area contributed by atoms with Gasteiger partial charge in [-0.05, 0) is 56.7 Å². The van der Waals surface area contributed by atoms with E-state index in [0.717, 1.165) is 43.2 Å². The van der Waals surface area contributed by atoms with Crippen molar-refractivity contribution < 1.29 is 9.36 Å². The Kier molecular flexibility index (Phi) is 6.01. The lowest BCUT2D eigenvalue weighted by Gasteiger charge is -2.24. The zero-order valence-electron chi connectivity index (χ0n) is 19.5. The Labute approximate surface area is 198 Å². The first-order chi connectivity index (χ1) is 16.5. The zero-order valence-corrected chi connectivity index (χ0v) is 19.5. The summed E-state index contributed by atoms with van der Waals surface area (Å²) in [6.07, 6.45) is 7.73. The lowest BCUT2D eigenvalue weighted by molar-refractivity contribution is -0.689. The van der Waals surface area contributed by atoms with Crippen molar-refractivity contribution in [2.45, 2.75) is 51.5 Å². The van der Waals surface area contributed by atoms with Gasteiger partial charge in [0.15, 0.2) is 0 Å². The van der Waals surface area contributed by atoms with E-state index < -0.39 is 0 Å². The number of pyridine rings is 2. The van der Waals surface area contributed by atoms with E-state index in [0.29, 0.717) is 34.6 Å². The second kappa shape index (κ2) is 9.25. The fourth-order valence-corrected chi connectivity index (χ4v) is 5.02. The molecule has 1 saturated carbocycles. The van der Waals surface area contributed by atoms with Crippen molar-refractivity contribution in [2.24, 2.45) is 0 Å². The number of rotatable bonds is 5. The summed E-state index contributed by atoms with van der Waals surface area (Å²) in [5.74, 6) is 0.107. The number of carbonyl (C=O) groups excluding carboxylic acids is 1. The van der Waals surface area contributed by atoms with Gasteiger partial charge in [0.05, 0.1) is 6.04 Å². The quantitative estimate of drug-likeness (QED) is 0.355. The van der Waals surface area contributed by atoms with Crippen LogP contribution in [0.25, 0.3) is 16.7 Å². The van der Waals surface area contributed by atoms with E-state index in [1.54, 1.807) is 16.7 Å². The number of nitrogens with two attached hydrogens (primary N) is 1. The zero-order chi connectivity index (χ0) is 23.7. The van der Waals surface area contributed by atoms with Gasteiger partial charge in [0.1, 0.15) is 10.9 Å². The number of anilines is 1. The molecule has 4 aromatic rings. The molecule has 1 amide bonds. The number of hydrogen-bond acceptors (Lipinski definition) is 4. The molecule has 3 heterocycles. The summed E-state index contributed by atoms with van der Waals surface area (Å²) < 4.78 is 3.50. The van der Waals surface area contributed by atoms with Gasteiger partial charge < -0.3 is 11.1 Å². The van der Waals surface area contributed by atoms with Crippen molar-refractivity contribution in [1.29, 1.82) is 0 Å². The van der Waals surface area contributed by atoms with Crippen molar-refractivity contribution >= 4 is 28.4 Å². The molecule has 0 bridgehead atoms. The molecule has 1 aliphatic rings. The van der Waals surface area contributed by atoms with E-state index in [2.05, 4.69) is 5.32 Å². The van der Waals surface area contributed by atoms with Gasteiger partial charge in [-0.25, -0.2) is 4.57 Å². The van der Waals surface area contributed by atoms with E-state index in [-0.39, 0.29) is 17.5 Å². The Morgan fingerprint density at radius 2 is 1.91 bits per heavy atom. The highest BCUT2D eigenvalue weighted by atomic mass is 16.1. The number of nitrogens with zero attached hydrogens (tertiary/aromatic N) is 3. The second-order valence-corrected chi connectivity index (χ2v) is 9.14. The van der Waals surface area contributed by atoms with Crippen LogP contribution < -0.4 is 21.2 Å². The Morgan fingerprint density at radius 1 is 1.15 bits per heavy atom. The lowest BCUT2D eigenvalue weighted by Crippen LogP contribution is -2.47. The minimum absolute atomic E-state index is 0.117. The van der Waals surface area contributed by atoms with Crippen LogP contribution in [-0.2, 0) is 6.42 Å². The summed E-state index contributed by atoms with van der Waals surface area (Å²) in [6, 6.07) is 15.5. The molecule has 3 N–H and O–H groups in total. The topological polar surface area (TPSA) is 93.4 Å². The molecule has 0 atom stereocenters. The molecule has 0 aliphatic heterocycles. The molecule has 3 aromatic heterocycles. The van der Waals surface area contributed by atoms with Crippen LogP contribution in [0.1, 0.15) is 59.6 Å². The van der Waals surface area contributed by atoms with Gasteiger partial charge in [-0.3, -0.25) is 14.0 Å². The number of hydrogen-bond donors (Lipinski definition) is 2. The van der Waals surface area contributed by atoms with E-state index in [1.165, 1.54) is 6.42 Å². The van der Waals surface area contributed by atoms with Crippen LogP contribution in [0.3, 0.4) is 0 Å². The molecular weight excluding hydrogens is 426 g/mol. The minimum Gasteiger partial charge on any atom is -0.351 e. The maximum atomic E-state index is 13.5. The van der Waals surface area contributed by atoms with Crippen LogP contribution in [0.2, 0.25) is 0 Å². The standard InChI is InChI=1S/C27H29N5O2/c1-18-9-8-16-31-24(18)30-25-22(27(31)34)17-21(23(28)32(25)20-12-6-3-7-13-20)26(33)29-15-14-19-10-4-2-5-11-19/h2,4-5,8-11,16-17,20,28H,3,6-7,12-15H2,1H3,(H,29,33)/p+1. The molecule has 34 heavy (non-hydrogen) atoms. The normalized spacial score (nSPS) is 14.5. The van der Waals surface area contributed by atoms with Gasteiger partial charge in [0.25, 0.3) is 17.1 Å². The fourth-order valence-electron chi connectivity index (χ4n) is 5.02. The summed E-state index contributed by atoms with van der Waals surface area (Å²) in [6.45, 7) is 2.42. The van der Waals surface area contributed by atoms with E-state index in [1.807, 2.05) is 54.0 Å². The molecule has 0 radical (unpaired) electrons. The number of aromatic nitrogens is 3. The summed E-state index contributed by atoms with van der Waals surface area (Å²) >= 11 is 0. The van der Waals surface area contributed by atoms with Gasteiger partial charge >= 0.3 is 0 Å². The average molecular weight is 457 g/mol. The Balaban J connectivity index is 1.61. The van der Waals surface area contributed by atoms with Crippen molar-refractivity contribution in [3.63, 3.8) is 0 Å². The van der Waals surface area contributed by atoms with E-state index in [4.69, 9.17) is 10.7 Å². The first-order valence-corrected chi connectivity index (χ1v) is 12.0.